The van der Waals surface area contributed by atoms with Crippen LogP contribution in [0.15, 0.2) is 53.7 Å². The third kappa shape index (κ3) is 4.96. The van der Waals surface area contributed by atoms with Gasteiger partial charge >= 0.3 is 0 Å². The van der Waals surface area contributed by atoms with Crippen LogP contribution in [-0.2, 0) is 11.8 Å². The average molecular weight is 430 g/mol. The number of amides is 2. The Morgan fingerprint density at radius 2 is 1.79 bits per heavy atom. The molecule has 1 aromatic heterocycles. The Balaban J connectivity index is 1.60. The van der Waals surface area contributed by atoms with Crippen molar-refractivity contribution < 1.29 is 9.59 Å². The van der Waals surface area contributed by atoms with Crippen LogP contribution in [0, 0.1) is 0 Å². The predicted molar refractivity (Wildman–Crippen MR) is 115 cm³/mol. The highest BCUT2D eigenvalue weighted by Gasteiger charge is 2.15. The van der Waals surface area contributed by atoms with Crippen molar-refractivity contribution in [2.75, 3.05) is 25.2 Å². The van der Waals surface area contributed by atoms with Crippen molar-refractivity contribution in [1.82, 2.24) is 19.7 Å². The molecule has 0 saturated carbocycles. The van der Waals surface area contributed by atoms with Crippen LogP contribution in [0.25, 0.3) is 11.4 Å². The second kappa shape index (κ2) is 9.11. The number of nitrogens with one attached hydrogen (secondary N) is 1. The van der Waals surface area contributed by atoms with E-state index in [1.54, 1.807) is 49.0 Å². The first kappa shape index (κ1) is 20.9. The third-order valence-corrected chi connectivity index (χ3v) is 5.45. The summed E-state index contributed by atoms with van der Waals surface area (Å²) in [6.45, 7) is 0. The zero-order valence-corrected chi connectivity index (χ0v) is 17.8. The number of rotatable bonds is 6. The van der Waals surface area contributed by atoms with Gasteiger partial charge in [0.1, 0.15) is 0 Å². The SMILES string of the molecule is CN(C)C(=O)c1ccc(NC(=O)CSc2nnc(-c3ccccc3Cl)n2C)cc1. The van der Waals surface area contributed by atoms with E-state index in [9.17, 15) is 9.59 Å². The minimum atomic E-state index is -0.177. The molecule has 0 fully saturated rings. The van der Waals surface area contributed by atoms with Gasteiger partial charge in [0.05, 0.1) is 10.8 Å². The summed E-state index contributed by atoms with van der Waals surface area (Å²) in [5.41, 5.74) is 1.97. The topological polar surface area (TPSA) is 80.1 Å². The van der Waals surface area contributed by atoms with Crippen molar-refractivity contribution in [2.24, 2.45) is 7.05 Å². The van der Waals surface area contributed by atoms with Crippen LogP contribution in [-0.4, -0.2) is 51.3 Å². The number of aromatic nitrogens is 3. The predicted octanol–water partition coefficient (Wildman–Crippen LogP) is 3.57. The molecule has 29 heavy (non-hydrogen) atoms. The summed E-state index contributed by atoms with van der Waals surface area (Å²) in [4.78, 5) is 25.7. The third-order valence-electron chi connectivity index (χ3n) is 4.10. The van der Waals surface area contributed by atoms with Gasteiger partial charge in [-0.25, -0.2) is 0 Å². The van der Waals surface area contributed by atoms with Gasteiger partial charge < -0.3 is 14.8 Å². The van der Waals surface area contributed by atoms with Gasteiger partial charge in [0.25, 0.3) is 5.91 Å². The maximum atomic E-state index is 12.3. The molecule has 0 saturated heterocycles. The quantitative estimate of drug-likeness (QED) is 0.606. The highest BCUT2D eigenvalue weighted by Crippen LogP contribution is 2.28. The van der Waals surface area contributed by atoms with E-state index in [1.165, 1.54) is 16.7 Å². The van der Waals surface area contributed by atoms with Crippen LogP contribution < -0.4 is 5.32 Å². The average Bonchev–Trinajstić information content (AvgIpc) is 3.07. The fourth-order valence-electron chi connectivity index (χ4n) is 2.60. The molecular weight excluding hydrogens is 410 g/mol. The number of thioether (sulfide) groups is 1. The zero-order chi connectivity index (χ0) is 21.0. The summed E-state index contributed by atoms with van der Waals surface area (Å²) < 4.78 is 1.81. The Bertz CT molecular complexity index is 1030. The van der Waals surface area contributed by atoms with E-state index in [-0.39, 0.29) is 17.6 Å². The minimum absolute atomic E-state index is 0.0879. The maximum Gasteiger partial charge on any atom is 0.253 e. The molecule has 9 heteroatoms. The fourth-order valence-corrected chi connectivity index (χ4v) is 3.53. The van der Waals surface area contributed by atoms with Crippen molar-refractivity contribution in [3.8, 4) is 11.4 Å². The smallest absolute Gasteiger partial charge is 0.253 e. The number of hydrogen-bond donors (Lipinski definition) is 1. The maximum absolute atomic E-state index is 12.3. The van der Waals surface area contributed by atoms with Crippen LogP contribution in [0.2, 0.25) is 5.02 Å². The van der Waals surface area contributed by atoms with Crippen LogP contribution in [0.1, 0.15) is 10.4 Å². The van der Waals surface area contributed by atoms with Crippen molar-refractivity contribution in [3.05, 3.63) is 59.1 Å². The Morgan fingerprint density at radius 1 is 1.10 bits per heavy atom. The molecule has 0 aliphatic rings. The number of carbonyl (C=O) groups is 2. The molecule has 0 atom stereocenters. The van der Waals surface area contributed by atoms with Crippen LogP contribution in [0.4, 0.5) is 5.69 Å². The molecule has 150 valence electrons. The highest BCUT2D eigenvalue weighted by atomic mass is 35.5. The first-order chi connectivity index (χ1) is 13.9. The molecule has 1 N–H and O–H groups in total. The summed E-state index contributed by atoms with van der Waals surface area (Å²) in [6.07, 6.45) is 0. The van der Waals surface area contributed by atoms with E-state index in [2.05, 4.69) is 15.5 Å². The molecule has 3 aromatic rings. The minimum Gasteiger partial charge on any atom is -0.345 e. The summed E-state index contributed by atoms with van der Waals surface area (Å²) in [6, 6.07) is 14.2. The van der Waals surface area contributed by atoms with E-state index in [4.69, 9.17) is 11.6 Å². The van der Waals surface area contributed by atoms with Crippen molar-refractivity contribution in [3.63, 3.8) is 0 Å². The van der Waals surface area contributed by atoms with Crippen molar-refractivity contribution >= 4 is 40.9 Å². The summed E-state index contributed by atoms with van der Waals surface area (Å²) >= 11 is 7.51. The lowest BCUT2D eigenvalue weighted by atomic mass is 10.2. The van der Waals surface area contributed by atoms with Crippen LogP contribution >= 0.6 is 23.4 Å². The summed E-state index contributed by atoms with van der Waals surface area (Å²) in [5, 5.41) is 12.4. The molecule has 0 aliphatic heterocycles. The van der Waals surface area contributed by atoms with Gasteiger partial charge in [-0.2, -0.15) is 0 Å². The lowest BCUT2D eigenvalue weighted by Gasteiger charge is -2.11. The Morgan fingerprint density at radius 3 is 2.45 bits per heavy atom. The normalized spacial score (nSPS) is 10.6. The first-order valence-corrected chi connectivity index (χ1v) is 10.1. The fraction of sp³-hybridized carbons (Fsp3) is 0.200. The molecule has 0 unspecified atom stereocenters. The van der Waals surface area contributed by atoms with Gasteiger partial charge in [-0.05, 0) is 36.4 Å². The molecule has 0 spiro atoms. The molecular formula is C20H20ClN5O2S. The lowest BCUT2D eigenvalue weighted by Crippen LogP contribution is -2.21. The van der Waals surface area contributed by atoms with E-state index in [0.717, 1.165) is 5.56 Å². The molecule has 0 aliphatic carbocycles. The Kier molecular flexibility index (Phi) is 6.56. The number of benzene rings is 2. The summed E-state index contributed by atoms with van der Waals surface area (Å²) in [7, 11) is 5.22. The number of halogens is 1. The van der Waals surface area contributed by atoms with E-state index in [0.29, 0.717) is 27.3 Å². The van der Waals surface area contributed by atoms with Gasteiger partial charge in [-0.1, -0.05) is 35.5 Å². The monoisotopic (exact) mass is 429 g/mol. The largest absolute Gasteiger partial charge is 0.345 e. The molecule has 2 amide bonds. The zero-order valence-electron chi connectivity index (χ0n) is 16.2. The van der Waals surface area contributed by atoms with Gasteiger partial charge in [0.2, 0.25) is 5.91 Å². The number of anilines is 1. The molecule has 7 nitrogen and oxygen atoms in total. The molecule has 2 aromatic carbocycles. The van der Waals surface area contributed by atoms with E-state index < -0.39 is 0 Å². The first-order valence-electron chi connectivity index (χ1n) is 8.75. The molecule has 0 radical (unpaired) electrons. The van der Waals surface area contributed by atoms with Crippen LogP contribution in [0.5, 0.6) is 0 Å². The second-order valence-corrected chi connectivity index (χ2v) is 7.81. The summed E-state index contributed by atoms with van der Waals surface area (Å²) in [5.74, 6) is 0.547. The molecule has 3 rings (SSSR count). The van der Waals surface area contributed by atoms with E-state index >= 15 is 0 Å². The van der Waals surface area contributed by atoms with Gasteiger partial charge in [-0.15, -0.1) is 10.2 Å². The highest BCUT2D eigenvalue weighted by molar-refractivity contribution is 7.99. The Hall–Kier alpha value is -2.84. The second-order valence-electron chi connectivity index (χ2n) is 6.46. The number of hydrogen-bond acceptors (Lipinski definition) is 5. The molecule has 0 bridgehead atoms. The standard InChI is InChI=1S/C20H20ClN5O2S/c1-25(2)19(28)13-8-10-14(11-9-13)22-17(27)12-29-20-24-23-18(26(20)3)15-6-4-5-7-16(15)21/h4-11H,12H2,1-3H3,(H,22,27). The van der Waals surface area contributed by atoms with E-state index in [1.807, 2.05) is 25.2 Å². The van der Waals surface area contributed by atoms with Gasteiger partial charge in [0, 0.05) is 38.0 Å². The Labute approximate surface area is 178 Å². The number of carbonyl (C=O) groups excluding carboxylic acids is 2. The van der Waals surface area contributed by atoms with Crippen molar-refractivity contribution in [1.29, 1.82) is 0 Å². The lowest BCUT2D eigenvalue weighted by molar-refractivity contribution is -0.113. The van der Waals surface area contributed by atoms with Crippen molar-refractivity contribution in [2.45, 2.75) is 5.16 Å². The van der Waals surface area contributed by atoms with Gasteiger partial charge in [0.15, 0.2) is 11.0 Å². The molecule has 1 heterocycles. The number of nitrogens with zero attached hydrogens (tertiary/aromatic N) is 4. The van der Waals surface area contributed by atoms with Gasteiger partial charge in [-0.3, -0.25) is 9.59 Å². The van der Waals surface area contributed by atoms with Crippen LogP contribution in [0.3, 0.4) is 0 Å².